The number of nitrogens with zero attached hydrogens (tertiary/aromatic N) is 3. The van der Waals surface area contributed by atoms with E-state index in [1.807, 2.05) is 18.7 Å². The average molecular weight is 555 g/mol. The van der Waals surface area contributed by atoms with Crippen molar-refractivity contribution in [3.63, 3.8) is 0 Å². The Bertz CT molecular complexity index is 1490. The first-order valence-electron chi connectivity index (χ1n) is 13.0. The molecule has 1 saturated heterocycles. The van der Waals surface area contributed by atoms with E-state index in [4.69, 9.17) is 15.5 Å². The molecule has 2 N–H and O–H groups in total. The number of sulfone groups is 1. The molecule has 3 heterocycles. The van der Waals surface area contributed by atoms with Gasteiger partial charge in [0, 0.05) is 24.2 Å². The van der Waals surface area contributed by atoms with Crippen molar-refractivity contribution in [3.8, 4) is 17.0 Å². The highest BCUT2D eigenvalue weighted by molar-refractivity contribution is 7.92. The number of ketones is 1. The monoisotopic (exact) mass is 554 g/mol. The number of nitrogens with two attached hydrogens (primary N) is 1. The number of hydrogen-bond acceptors (Lipinski definition) is 8. The van der Waals surface area contributed by atoms with Crippen molar-refractivity contribution in [2.45, 2.75) is 52.1 Å². The Morgan fingerprint density at radius 1 is 1.18 bits per heavy atom. The van der Waals surface area contributed by atoms with Gasteiger partial charge >= 0.3 is 0 Å². The lowest BCUT2D eigenvalue weighted by atomic mass is 9.86. The van der Waals surface area contributed by atoms with Crippen LogP contribution in [-0.2, 0) is 9.84 Å². The zero-order chi connectivity index (χ0) is 28.5. The van der Waals surface area contributed by atoms with E-state index >= 15 is 0 Å². The third kappa shape index (κ3) is 6.38. The summed E-state index contributed by atoms with van der Waals surface area (Å²) in [7, 11) is -4.05. The Balaban J connectivity index is 1.75. The molecule has 0 saturated carbocycles. The number of pyridine rings is 2. The highest BCUT2D eigenvalue weighted by atomic mass is 32.2. The fourth-order valence-electron chi connectivity index (χ4n) is 4.55. The highest BCUT2D eigenvalue weighted by Crippen LogP contribution is 2.40. The quantitative estimate of drug-likeness (QED) is 0.360. The summed E-state index contributed by atoms with van der Waals surface area (Å²) >= 11 is 0. The van der Waals surface area contributed by atoms with Gasteiger partial charge in [-0.1, -0.05) is 33.8 Å². The zero-order valence-electron chi connectivity index (χ0n) is 22.9. The molecule has 1 aliphatic rings. The molecule has 10 heteroatoms. The predicted molar refractivity (Wildman–Crippen MR) is 150 cm³/mol. The number of hydrogen-bond donors (Lipinski definition) is 1. The smallest absolute Gasteiger partial charge is 0.203 e. The van der Waals surface area contributed by atoms with Gasteiger partial charge in [0.25, 0.3) is 0 Å². The lowest BCUT2D eigenvalue weighted by molar-refractivity contribution is 0.102. The Morgan fingerprint density at radius 2 is 1.92 bits per heavy atom. The van der Waals surface area contributed by atoms with E-state index in [1.54, 1.807) is 18.2 Å². The summed E-state index contributed by atoms with van der Waals surface area (Å²) in [6.07, 6.45) is 0.867. The summed E-state index contributed by atoms with van der Waals surface area (Å²) in [4.78, 5) is 24.2. The van der Waals surface area contributed by atoms with Crippen molar-refractivity contribution in [3.05, 3.63) is 59.9 Å². The van der Waals surface area contributed by atoms with Crippen molar-refractivity contribution in [1.82, 2.24) is 9.97 Å². The second-order valence-electron chi connectivity index (χ2n) is 11.1. The normalized spacial score (nSPS) is 17.0. The summed E-state index contributed by atoms with van der Waals surface area (Å²) in [6, 6.07) is 11.9. The average Bonchev–Trinajstić information content (AvgIpc) is 3.13. The van der Waals surface area contributed by atoms with Crippen LogP contribution in [0.2, 0.25) is 0 Å². The number of aromatic nitrogens is 2. The standard InChI is InChI=1S/C29H35FN4O4S/c1-18(2)16-38-22-14-20(13-21(30)15-22)24-10-9-23(28(32-24)34-12-11-29(4,5)19(34)3)25(35)17-39(36,37)27-8-6-7-26(31)33-27/h6-10,13-15,18-19H,11-12,16-17H2,1-5H3,(H2,31,33). The first-order valence-corrected chi connectivity index (χ1v) is 14.6. The molecule has 39 heavy (non-hydrogen) atoms. The fraction of sp³-hybridized carbons (Fsp3) is 0.414. The van der Waals surface area contributed by atoms with Crippen LogP contribution in [0.25, 0.3) is 11.3 Å². The molecule has 208 valence electrons. The van der Waals surface area contributed by atoms with E-state index in [-0.39, 0.29) is 33.8 Å². The second kappa shape index (κ2) is 10.9. The van der Waals surface area contributed by atoms with Crippen LogP contribution in [0.5, 0.6) is 5.75 Å². The summed E-state index contributed by atoms with van der Waals surface area (Å²) in [5.74, 6) is -0.771. The maximum atomic E-state index is 14.5. The molecular weight excluding hydrogens is 519 g/mol. The van der Waals surface area contributed by atoms with Crippen LogP contribution in [0.3, 0.4) is 0 Å². The van der Waals surface area contributed by atoms with Crippen molar-refractivity contribution in [2.75, 3.05) is 29.5 Å². The van der Waals surface area contributed by atoms with E-state index in [9.17, 15) is 17.6 Å². The molecule has 1 fully saturated rings. The van der Waals surface area contributed by atoms with Gasteiger partial charge in [-0.3, -0.25) is 4.79 Å². The number of benzene rings is 1. The minimum atomic E-state index is -4.05. The van der Waals surface area contributed by atoms with Crippen molar-refractivity contribution in [1.29, 1.82) is 0 Å². The van der Waals surface area contributed by atoms with Gasteiger partial charge < -0.3 is 15.4 Å². The van der Waals surface area contributed by atoms with E-state index in [0.717, 1.165) is 6.42 Å². The Hall–Kier alpha value is -3.53. The van der Waals surface area contributed by atoms with Gasteiger partial charge in [-0.25, -0.2) is 22.8 Å². The molecule has 0 radical (unpaired) electrons. The highest BCUT2D eigenvalue weighted by Gasteiger charge is 2.39. The van der Waals surface area contributed by atoms with Crippen LogP contribution in [0.15, 0.2) is 53.6 Å². The van der Waals surface area contributed by atoms with E-state index in [2.05, 4.69) is 25.8 Å². The van der Waals surface area contributed by atoms with E-state index in [0.29, 0.717) is 36.0 Å². The fourth-order valence-corrected chi connectivity index (χ4v) is 5.73. The third-order valence-electron chi connectivity index (χ3n) is 7.18. The first-order chi connectivity index (χ1) is 18.3. The summed E-state index contributed by atoms with van der Waals surface area (Å²) in [5.41, 5.74) is 6.74. The summed E-state index contributed by atoms with van der Waals surface area (Å²) in [6.45, 7) is 11.4. The Morgan fingerprint density at radius 3 is 2.56 bits per heavy atom. The van der Waals surface area contributed by atoms with Crippen LogP contribution in [0.1, 0.15) is 51.4 Å². The Labute approximate surface area is 229 Å². The summed E-state index contributed by atoms with van der Waals surface area (Å²) in [5, 5.41) is -0.258. The number of nitrogen functional groups attached to an aromatic ring is 1. The number of halogens is 1. The van der Waals surface area contributed by atoms with Crippen molar-refractivity contribution in [2.24, 2.45) is 11.3 Å². The molecule has 2 aromatic heterocycles. The van der Waals surface area contributed by atoms with E-state index in [1.165, 1.54) is 30.3 Å². The molecule has 3 aromatic rings. The SMILES string of the molecule is CC(C)COc1cc(F)cc(-c2ccc(C(=O)CS(=O)(=O)c3cccc(N)n3)c(N3CCC(C)(C)C3C)n2)c1. The van der Waals surface area contributed by atoms with Gasteiger partial charge in [0.1, 0.15) is 29.0 Å². The van der Waals surface area contributed by atoms with Gasteiger partial charge in [-0.15, -0.1) is 0 Å². The molecule has 1 aliphatic heterocycles. The van der Waals surface area contributed by atoms with Gasteiger partial charge in [0.05, 0.1) is 17.9 Å². The maximum absolute atomic E-state index is 14.5. The molecule has 1 aromatic carbocycles. The molecule has 1 unspecified atom stereocenters. The Kier molecular flexibility index (Phi) is 7.97. The molecule has 0 amide bonds. The lowest BCUT2D eigenvalue weighted by Gasteiger charge is -2.31. The van der Waals surface area contributed by atoms with Crippen LogP contribution in [-0.4, -0.2) is 49.1 Å². The van der Waals surface area contributed by atoms with Gasteiger partial charge in [-0.2, -0.15) is 0 Å². The number of anilines is 2. The number of carbonyl (C=O) groups is 1. The molecule has 0 spiro atoms. The maximum Gasteiger partial charge on any atom is 0.203 e. The largest absolute Gasteiger partial charge is 0.493 e. The molecule has 4 rings (SSSR count). The molecule has 8 nitrogen and oxygen atoms in total. The number of Topliss-reactive ketones (excluding diaryl/α,β-unsaturated/α-hetero) is 1. The van der Waals surface area contributed by atoms with Crippen LogP contribution >= 0.6 is 0 Å². The van der Waals surface area contributed by atoms with Crippen LogP contribution in [0, 0.1) is 17.2 Å². The third-order valence-corrected chi connectivity index (χ3v) is 8.69. The zero-order valence-corrected chi connectivity index (χ0v) is 23.8. The molecule has 0 aliphatic carbocycles. The predicted octanol–water partition coefficient (Wildman–Crippen LogP) is 5.18. The molecule has 1 atom stereocenters. The topological polar surface area (TPSA) is 115 Å². The van der Waals surface area contributed by atoms with E-state index < -0.39 is 27.2 Å². The molecule has 0 bridgehead atoms. The minimum Gasteiger partial charge on any atom is -0.493 e. The second-order valence-corrected chi connectivity index (χ2v) is 13.1. The number of carbonyl (C=O) groups excluding carboxylic acids is 1. The van der Waals surface area contributed by atoms with Crippen LogP contribution in [0.4, 0.5) is 16.0 Å². The molecular formula is C29H35FN4O4S. The van der Waals surface area contributed by atoms with Gasteiger partial charge in [0.15, 0.2) is 10.8 Å². The van der Waals surface area contributed by atoms with Gasteiger partial charge in [0.2, 0.25) is 9.84 Å². The van der Waals surface area contributed by atoms with Crippen molar-refractivity contribution < 1.29 is 22.3 Å². The lowest BCUT2D eigenvalue weighted by Crippen LogP contribution is -2.35. The number of ether oxygens (including phenoxy) is 1. The van der Waals surface area contributed by atoms with Gasteiger partial charge in [-0.05, 0) is 61.1 Å². The number of rotatable bonds is 9. The van der Waals surface area contributed by atoms with Crippen molar-refractivity contribution >= 4 is 27.3 Å². The first kappa shape index (κ1) is 28.5. The summed E-state index contributed by atoms with van der Waals surface area (Å²) < 4.78 is 46.3. The minimum absolute atomic E-state index is 0.0245. The van der Waals surface area contributed by atoms with Crippen LogP contribution < -0.4 is 15.4 Å².